The molecule has 0 radical (unpaired) electrons. The highest BCUT2D eigenvalue weighted by Gasteiger charge is 2.13. The van der Waals surface area contributed by atoms with Crippen molar-refractivity contribution in [2.45, 2.75) is 71.0 Å². The average molecular weight is 669 g/mol. The Labute approximate surface area is 277 Å². The van der Waals surface area contributed by atoms with Crippen LogP contribution in [-0.2, 0) is 61.6 Å². The van der Waals surface area contributed by atoms with Gasteiger partial charge < -0.3 is 56.8 Å². The van der Waals surface area contributed by atoms with Gasteiger partial charge in [0.25, 0.3) is 0 Å². The molecule has 46 heavy (non-hydrogen) atoms. The second-order valence-electron chi connectivity index (χ2n) is 10.6. The minimum absolute atomic E-state index is 0.0672. The monoisotopic (exact) mass is 668 g/mol. The van der Waals surface area contributed by atoms with Gasteiger partial charge in [-0.15, -0.1) is 0 Å². The fourth-order valence-electron chi connectivity index (χ4n) is 4.10. The van der Waals surface area contributed by atoms with Crippen molar-refractivity contribution < 1.29 is 61.6 Å². The Balaban J connectivity index is 1.62. The van der Waals surface area contributed by atoms with Gasteiger partial charge in [0.1, 0.15) is 6.61 Å². The van der Waals surface area contributed by atoms with Gasteiger partial charge in [0.15, 0.2) is 6.29 Å². The average Bonchev–Trinajstić information content (AvgIpc) is 3.07. The van der Waals surface area contributed by atoms with E-state index in [1.54, 1.807) is 0 Å². The predicted octanol–water partition coefficient (Wildman–Crippen LogP) is 3.58. The number of carbonyl (C=O) groups excluding carboxylic acids is 1. The Bertz CT molecular complexity index is 608. The zero-order valence-corrected chi connectivity index (χ0v) is 28.6. The van der Waals surface area contributed by atoms with Crippen LogP contribution in [0.25, 0.3) is 0 Å². The highest BCUT2D eigenvalue weighted by atomic mass is 16.7. The van der Waals surface area contributed by atoms with Crippen LogP contribution in [-0.4, -0.2) is 151 Å². The molecule has 0 aromatic heterocycles. The summed E-state index contributed by atoms with van der Waals surface area (Å²) >= 11 is 0. The number of rotatable bonds is 37. The summed E-state index contributed by atoms with van der Waals surface area (Å²) in [6.07, 6.45) is 9.27. The van der Waals surface area contributed by atoms with E-state index in [1.165, 1.54) is 19.3 Å². The fraction of sp³-hybridized carbons (Fsp3) is 0.970. The third-order valence-electron chi connectivity index (χ3n) is 6.62. The van der Waals surface area contributed by atoms with E-state index < -0.39 is 0 Å². The smallest absolute Gasteiger partial charge is 0.305 e. The van der Waals surface area contributed by atoms with Crippen LogP contribution in [0.4, 0.5) is 0 Å². The minimum atomic E-state index is -0.146. The molecule has 1 heterocycles. The Kier molecular flexibility index (Phi) is 34.5. The Hall–Kier alpha value is -0.970. The van der Waals surface area contributed by atoms with Crippen LogP contribution < -0.4 is 0 Å². The van der Waals surface area contributed by atoms with Gasteiger partial charge in [-0.3, -0.25) is 4.79 Å². The SMILES string of the molecule is CCCCCCCC(=O)OCCOCCOCCOCCOCCOCCOCCOCCOCCOCCOC1CCCCO1. The summed E-state index contributed by atoms with van der Waals surface area (Å²) in [5.74, 6) is -0.146. The molecule has 1 atom stereocenters. The number of esters is 1. The van der Waals surface area contributed by atoms with E-state index in [0.717, 1.165) is 38.7 Å². The van der Waals surface area contributed by atoms with Crippen molar-refractivity contribution in [2.75, 3.05) is 139 Å². The molecule has 1 aliphatic heterocycles. The maximum atomic E-state index is 11.6. The van der Waals surface area contributed by atoms with E-state index >= 15 is 0 Å². The van der Waals surface area contributed by atoms with Crippen molar-refractivity contribution in [3.8, 4) is 0 Å². The highest BCUT2D eigenvalue weighted by molar-refractivity contribution is 5.69. The summed E-state index contributed by atoms with van der Waals surface area (Å²) in [6.45, 7) is 12.8. The topological polar surface area (TPSA) is 128 Å². The van der Waals surface area contributed by atoms with Gasteiger partial charge in [0.05, 0.1) is 126 Å². The first-order valence-corrected chi connectivity index (χ1v) is 17.4. The first kappa shape index (κ1) is 43.1. The summed E-state index contributed by atoms with van der Waals surface area (Å²) in [5.41, 5.74) is 0. The molecule has 274 valence electrons. The number of unbranched alkanes of at least 4 members (excludes halogenated alkanes) is 4. The largest absolute Gasteiger partial charge is 0.463 e. The number of hydrogen-bond acceptors (Lipinski definition) is 13. The van der Waals surface area contributed by atoms with Crippen LogP contribution in [0.1, 0.15) is 64.7 Å². The molecule has 0 aliphatic carbocycles. The van der Waals surface area contributed by atoms with Crippen molar-refractivity contribution in [3.63, 3.8) is 0 Å². The van der Waals surface area contributed by atoms with Gasteiger partial charge in [-0.05, 0) is 25.7 Å². The third kappa shape index (κ3) is 33.0. The van der Waals surface area contributed by atoms with Crippen molar-refractivity contribution in [1.82, 2.24) is 0 Å². The Morgan fingerprint density at radius 1 is 0.500 bits per heavy atom. The molecule has 1 rings (SSSR count). The lowest BCUT2D eigenvalue weighted by Crippen LogP contribution is -2.24. The molecular weight excluding hydrogens is 604 g/mol. The van der Waals surface area contributed by atoms with E-state index in [1.807, 2.05) is 0 Å². The normalized spacial score (nSPS) is 15.0. The lowest BCUT2D eigenvalue weighted by Gasteiger charge is -2.22. The molecule has 1 unspecified atom stereocenters. The molecule has 1 fully saturated rings. The van der Waals surface area contributed by atoms with Crippen LogP contribution in [0.5, 0.6) is 0 Å². The van der Waals surface area contributed by atoms with Crippen molar-refractivity contribution >= 4 is 5.97 Å². The number of carbonyl (C=O) groups is 1. The summed E-state index contributed by atoms with van der Waals surface area (Å²) in [6, 6.07) is 0. The first-order valence-electron chi connectivity index (χ1n) is 17.4. The molecule has 0 aromatic rings. The van der Waals surface area contributed by atoms with E-state index in [2.05, 4.69) is 6.92 Å². The Morgan fingerprint density at radius 3 is 1.28 bits per heavy atom. The highest BCUT2D eigenvalue weighted by Crippen LogP contribution is 2.13. The molecule has 0 amide bonds. The zero-order chi connectivity index (χ0) is 32.9. The molecule has 0 spiro atoms. The summed E-state index contributed by atoms with van der Waals surface area (Å²) in [5, 5.41) is 0. The van der Waals surface area contributed by atoms with Gasteiger partial charge in [-0.25, -0.2) is 0 Å². The fourth-order valence-corrected chi connectivity index (χ4v) is 4.10. The summed E-state index contributed by atoms with van der Waals surface area (Å²) in [4.78, 5) is 11.6. The van der Waals surface area contributed by atoms with E-state index in [4.69, 9.17) is 56.8 Å². The lowest BCUT2D eigenvalue weighted by molar-refractivity contribution is -0.169. The standard InChI is InChI=1S/C33H64O13/c1-2-3-4-5-6-9-32(34)44-30-28-42-26-24-40-22-20-38-18-16-36-14-12-35-13-15-37-17-19-39-21-23-41-25-27-43-29-31-46-33-10-7-8-11-45-33/h33H,2-31H2,1H3. The first-order chi connectivity index (χ1) is 22.8. The predicted molar refractivity (Wildman–Crippen MR) is 171 cm³/mol. The summed E-state index contributed by atoms with van der Waals surface area (Å²) in [7, 11) is 0. The quantitative estimate of drug-likeness (QED) is 0.0708. The van der Waals surface area contributed by atoms with Crippen LogP contribution in [0, 0.1) is 0 Å². The van der Waals surface area contributed by atoms with E-state index in [-0.39, 0.29) is 18.9 Å². The number of ether oxygens (including phenoxy) is 12. The minimum Gasteiger partial charge on any atom is -0.463 e. The van der Waals surface area contributed by atoms with E-state index in [9.17, 15) is 4.79 Å². The van der Waals surface area contributed by atoms with Gasteiger partial charge >= 0.3 is 5.97 Å². The van der Waals surface area contributed by atoms with Crippen LogP contribution in [0.2, 0.25) is 0 Å². The van der Waals surface area contributed by atoms with Crippen molar-refractivity contribution in [1.29, 1.82) is 0 Å². The molecule has 13 nitrogen and oxygen atoms in total. The molecule has 0 bridgehead atoms. The molecular formula is C33H64O13. The molecule has 13 heteroatoms. The third-order valence-corrected chi connectivity index (χ3v) is 6.62. The molecule has 0 saturated carbocycles. The second-order valence-corrected chi connectivity index (χ2v) is 10.6. The van der Waals surface area contributed by atoms with Gasteiger partial charge in [-0.2, -0.15) is 0 Å². The van der Waals surface area contributed by atoms with Crippen LogP contribution >= 0.6 is 0 Å². The molecule has 0 N–H and O–H groups in total. The van der Waals surface area contributed by atoms with E-state index in [0.29, 0.717) is 132 Å². The van der Waals surface area contributed by atoms with Gasteiger partial charge in [0.2, 0.25) is 0 Å². The molecule has 1 saturated heterocycles. The van der Waals surface area contributed by atoms with Gasteiger partial charge in [0, 0.05) is 13.0 Å². The summed E-state index contributed by atoms with van der Waals surface area (Å²) < 4.78 is 65.5. The zero-order valence-electron chi connectivity index (χ0n) is 28.6. The maximum absolute atomic E-state index is 11.6. The van der Waals surface area contributed by atoms with Crippen LogP contribution in [0.15, 0.2) is 0 Å². The maximum Gasteiger partial charge on any atom is 0.305 e. The number of hydrogen-bond donors (Lipinski definition) is 0. The molecule has 1 aliphatic rings. The second kappa shape index (κ2) is 36.9. The van der Waals surface area contributed by atoms with Gasteiger partial charge in [-0.1, -0.05) is 32.6 Å². The Morgan fingerprint density at radius 2 is 0.891 bits per heavy atom. The van der Waals surface area contributed by atoms with Crippen molar-refractivity contribution in [2.24, 2.45) is 0 Å². The molecule has 0 aromatic carbocycles. The van der Waals surface area contributed by atoms with Crippen molar-refractivity contribution in [3.05, 3.63) is 0 Å². The lowest BCUT2D eigenvalue weighted by atomic mass is 10.1. The van der Waals surface area contributed by atoms with Crippen LogP contribution in [0.3, 0.4) is 0 Å².